The van der Waals surface area contributed by atoms with Crippen LogP contribution < -0.4 is 0 Å². The van der Waals surface area contributed by atoms with Crippen molar-refractivity contribution < 1.29 is 35.2 Å². The van der Waals surface area contributed by atoms with Gasteiger partial charge in [0.15, 0.2) is 5.78 Å². The Hall–Kier alpha value is -0.720. The van der Waals surface area contributed by atoms with Gasteiger partial charge in [0.2, 0.25) is 15.9 Å². The first-order valence-corrected chi connectivity index (χ1v) is 14.2. The van der Waals surface area contributed by atoms with E-state index in [4.69, 9.17) is 23.2 Å². The molecule has 14 heteroatoms. The van der Waals surface area contributed by atoms with E-state index >= 15 is 0 Å². The number of Topliss-reactive ketones (excluding diaryl/α,β-unsaturated/α-hetero) is 1. The summed E-state index contributed by atoms with van der Waals surface area (Å²) < 4.78 is 93.4. The van der Waals surface area contributed by atoms with Crippen LogP contribution in [0.3, 0.4) is 0 Å². The zero-order valence-corrected chi connectivity index (χ0v) is 23.4. The second kappa shape index (κ2) is 12.2. The first-order valence-electron chi connectivity index (χ1n) is 11.8. The lowest BCUT2D eigenvalue weighted by molar-refractivity contribution is -0.137. The molecule has 37 heavy (non-hydrogen) atoms. The number of nitrogens with zero attached hydrogens (tertiary/aromatic N) is 2. The summed E-state index contributed by atoms with van der Waals surface area (Å²) in [5, 5.41) is -0.836. The van der Waals surface area contributed by atoms with Crippen LogP contribution in [0.2, 0.25) is 10.0 Å². The van der Waals surface area contributed by atoms with Gasteiger partial charge in [0.1, 0.15) is 0 Å². The van der Waals surface area contributed by atoms with Gasteiger partial charge in [-0.3, -0.25) is 9.69 Å². The molecule has 0 N–H and O–H groups in total. The molecule has 1 saturated carbocycles. The van der Waals surface area contributed by atoms with Gasteiger partial charge >= 0.3 is 6.18 Å². The highest BCUT2D eigenvalue weighted by atomic mass is 35.5. The van der Waals surface area contributed by atoms with Crippen molar-refractivity contribution in [2.24, 2.45) is 0 Å². The van der Waals surface area contributed by atoms with Crippen molar-refractivity contribution in [1.82, 2.24) is 9.21 Å². The van der Waals surface area contributed by atoms with E-state index in [1.165, 1.54) is 4.31 Å². The molecule has 0 aromatic heterocycles. The molecule has 2 aliphatic rings. The van der Waals surface area contributed by atoms with Gasteiger partial charge in [-0.2, -0.15) is 17.5 Å². The lowest BCUT2D eigenvalue weighted by Crippen LogP contribution is -2.60. The SMILES string of the molecule is CCCS(=O)(=O)N1CCN(C2(CCC(=O)c3c(Cl)cc(C(F)(F)F)cc3Cl)CCC(F)(F)CC2)CC1.Cl. The molecule has 3 rings (SSSR count). The van der Waals surface area contributed by atoms with E-state index in [1.807, 2.05) is 4.90 Å². The number of rotatable bonds is 8. The molecule has 1 aliphatic heterocycles. The smallest absolute Gasteiger partial charge is 0.295 e. The van der Waals surface area contributed by atoms with Crippen molar-refractivity contribution in [3.8, 4) is 0 Å². The molecule has 1 aromatic carbocycles. The normalized spacial score (nSPS) is 20.9. The van der Waals surface area contributed by atoms with Gasteiger partial charge in [-0.05, 0) is 37.8 Å². The minimum atomic E-state index is -4.68. The molecule has 0 radical (unpaired) electrons. The van der Waals surface area contributed by atoms with E-state index in [1.54, 1.807) is 6.92 Å². The summed E-state index contributed by atoms with van der Waals surface area (Å²) in [6.07, 6.45) is -4.67. The number of halogens is 8. The highest BCUT2D eigenvalue weighted by Gasteiger charge is 2.47. The minimum absolute atomic E-state index is 0. The summed E-state index contributed by atoms with van der Waals surface area (Å²) in [7, 11) is -3.39. The van der Waals surface area contributed by atoms with Gasteiger partial charge < -0.3 is 0 Å². The molecule has 0 unspecified atom stereocenters. The van der Waals surface area contributed by atoms with Crippen molar-refractivity contribution in [2.75, 3.05) is 31.9 Å². The number of carbonyl (C=O) groups excluding carboxylic acids is 1. The summed E-state index contributed by atoms with van der Waals surface area (Å²) in [5.74, 6) is -3.35. The number of hydrogen-bond donors (Lipinski definition) is 0. The summed E-state index contributed by atoms with van der Waals surface area (Å²) >= 11 is 12.0. The maximum atomic E-state index is 14.0. The molecule has 0 atom stereocenters. The number of hydrogen-bond acceptors (Lipinski definition) is 4. The average molecular weight is 616 g/mol. The maximum absolute atomic E-state index is 14.0. The van der Waals surface area contributed by atoms with Gasteiger partial charge in [0.25, 0.3) is 0 Å². The predicted molar refractivity (Wildman–Crippen MR) is 136 cm³/mol. The van der Waals surface area contributed by atoms with E-state index in [0.717, 1.165) is 0 Å². The molecule has 212 valence electrons. The third kappa shape index (κ3) is 7.69. The zero-order valence-electron chi connectivity index (χ0n) is 20.2. The molecular weight excluding hydrogens is 586 g/mol. The number of carbonyl (C=O) groups is 1. The highest BCUT2D eigenvalue weighted by Crippen LogP contribution is 2.45. The van der Waals surface area contributed by atoms with Crippen molar-refractivity contribution in [2.45, 2.75) is 69.5 Å². The lowest BCUT2D eigenvalue weighted by Gasteiger charge is -2.51. The summed E-state index contributed by atoms with van der Waals surface area (Å²) in [6, 6.07) is 1.29. The first-order chi connectivity index (χ1) is 16.6. The van der Waals surface area contributed by atoms with Crippen LogP contribution in [0.4, 0.5) is 22.0 Å². The number of alkyl halides is 5. The van der Waals surface area contributed by atoms with Crippen molar-refractivity contribution in [1.29, 1.82) is 0 Å². The third-order valence-electron chi connectivity index (χ3n) is 7.14. The van der Waals surface area contributed by atoms with Crippen molar-refractivity contribution >= 4 is 51.4 Å². The van der Waals surface area contributed by atoms with Crippen LogP contribution in [0.15, 0.2) is 12.1 Å². The fourth-order valence-electron chi connectivity index (χ4n) is 5.11. The fraction of sp³-hybridized carbons (Fsp3) is 0.696. The third-order valence-corrected chi connectivity index (χ3v) is 9.82. The molecular formula is C23H30Cl3F5N2O3S. The molecule has 5 nitrogen and oxygen atoms in total. The van der Waals surface area contributed by atoms with Gasteiger partial charge in [-0.25, -0.2) is 17.2 Å². The second-order valence-corrected chi connectivity index (χ2v) is 12.4. The van der Waals surface area contributed by atoms with Gasteiger partial charge in [-0.1, -0.05) is 30.1 Å². The number of ketones is 1. The van der Waals surface area contributed by atoms with Crippen LogP contribution in [0.25, 0.3) is 0 Å². The van der Waals surface area contributed by atoms with E-state index in [0.29, 0.717) is 31.6 Å². The van der Waals surface area contributed by atoms with Crippen LogP contribution in [0.5, 0.6) is 0 Å². The molecule has 0 amide bonds. The minimum Gasteiger partial charge on any atom is -0.295 e. The van der Waals surface area contributed by atoms with Crippen molar-refractivity contribution in [3.05, 3.63) is 33.3 Å². The Labute approximate surface area is 230 Å². The van der Waals surface area contributed by atoms with E-state index in [2.05, 4.69) is 0 Å². The molecule has 0 spiro atoms. The van der Waals surface area contributed by atoms with E-state index < -0.39 is 49.1 Å². The molecule has 1 aliphatic carbocycles. The Bertz CT molecular complexity index is 1040. The number of sulfonamides is 1. The van der Waals surface area contributed by atoms with Crippen LogP contribution in [-0.4, -0.2) is 66.8 Å². The second-order valence-electron chi connectivity index (χ2n) is 9.52. The summed E-state index contributed by atoms with van der Waals surface area (Å²) in [4.78, 5) is 15.0. The summed E-state index contributed by atoms with van der Waals surface area (Å²) in [6.45, 7) is 2.90. The number of piperazine rings is 1. The first kappa shape index (κ1) is 32.5. The molecule has 1 aromatic rings. The van der Waals surface area contributed by atoms with Gasteiger partial charge in [0.05, 0.1) is 26.9 Å². The quantitative estimate of drug-likeness (QED) is 0.241. The molecule has 1 heterocycles. The monoisotopic (exact) mass is 614 g/mol. The molecule has 2 fully saturated rings. The lowest BCUT2D eigenvalue weighted by atomic mass is 9.74. The molecule has 1 saturated heterocycles. The van der Waals surface area contributed by atoms with Crippen LogP contribution in [0.1, 0.15) is 67.8 Å². The van der Waals surface area contributed by atoms with Crippen LogP contribution in [0, 0.1) is 0 Å². The van der Waals surface area contributed by atoms with Crippen LogP contribution >= 0.6 is 35.6 Å². The Kier molecular flexibility index (Phi) is 10.7. The van der Waals surface area contributed by atoms with Crippen LogP contribution in [-0.2, 0) is 16.2 Å². The largest absolute Gasteiger partial charge is 0.416 e. The Morgan fingerprint density at radius 2 is 1.51 bits per heavy atom. The maximum Gasteiger partial charge on any atom is 0.416 e. The summed E-state index contributed by atoms with van der Waals surface area (Å²) in [5.41, 5.74) is -2.06. The highest BCUT2D eigenvalue weighted by molar-refractivity contribution is 7.89. The Balaban J connectivity index is 0.00000481. The average Bonchev–Trinajstić information content (AvgIpc) is 2.78. The Morgan fingerprint density at radius 3 is 1.97 bits per heavy atom. The van der Waals surface area contributed by atoms with Gasteiger partial charge in [-0.15, -0.1) is 12.4 Å². The van der Waals surface area contributed by atoms with Crippen molar-refractivity contribution in [3.63, 3.8) is 0 Å². The zero-order chi connectivity index (χ0) is 26.9. The Morgan fingerprint density at radius 1 is 1.00 bits per heavy atom. The predicted octanol–water partition coefficient (Wildman–Crippen LogP) is 6.70. The molecule has 0 bridgehead atoms. The van der Waals surface area contributed by atoms with Gasteiger partial charge in [0, 0.05) is 51.0 Å². The fourth-order valence-corrected chi connectivity index (χ4v) is 7.30. The standard InChI is InChI=1S/C23H29Cl2F5N2O3S.ClH/c1-2-13-36(34,35)32-11-9-31(10-12-32)21(5-7-22(26,27)8-6-21)4-3-19(33)20-17(24)14-16(15-18(20)25)23(28,29)30;/h14-15H,2-13H2,1H3;1H. The topological polar surface area (TPSA) is 57.7 Å². The number of benzene rings is 1. The van der Waals surface area contributed by atoms with E-state index in [9.17, 15) is 35.2 Å². The van der Waals surface area contributed by atoms with E-state index in [-0.39, 0.29) is 75.3 Å².